The first-order valence-corrected chi connectivity index (χ1v) is 10.0. The van der Waals surface area contributed by atoms with Gasteiger partial charge in [0.1, 0.15) is 17.1 Å². The van der Waals surface area contributed by atoms with Gasteiger partial charge in [-0.25, -0.2) is 0 Å². The molecule has 32 heavy (non-hydrogen) atoms. The molecule has 6 heteroatoms. The number of rotatable bonds is 6. The van der Waals surface area contributed by atoms with Crippen molar-refractivity contribution >= 4 is 11.6 Å². The summed E-state index contributed by atoms with van der Waals surface area (Å²) >= 11 is 0. The van der Waals surface area contributed by atoms with Crippen LogP contribution in [0, 0.1) is 0 Å². The van der Waals surface area contributed by atoms with Gasteiger partial charge in [0.15, 0.2) is 0 Å². The van der Waals surface area contributed by atoms with Crippen LogP contribution in [-0.4, -0.2) is 25.1 Å². The van der Waals surface area contributed by atoms with Crippen LogP contribution in [0.3, 0.4) is 0 Å². The molecule has 0 bridgehead atoms. The largest absolute Gasteiger partial charge is 0.497 e. The Balaban J connectivity index is 1.55. The first-order chi connectivity index (χ1) is 15.6. The van der Waals surface area contributed by atoms with Crippen molar-refractivity contribution in [3.63, 3.8) is 0 Å². The molecule has 0 saturated heterocycles. The summed E-state index contributed by atoms with van der Waals surface area (Å²) < 4.78 is 10.5. The first-order valence-electron chi connectivity index (χ1n) is 10.0. The molecule has 1 aromatic heterocycles. The zero-order valence-electron chi connectivity index (χ0n) is 17.7. The number of ether oxygens (including phenoxy) is 2. The summed E-state index contributed by atoms with van der Waals surface area (Å²) in [7, 11) is 3.04. The van der Waals surface area contributed by atoms with Crippen LogP contribution < -0.4 is 20.3 Å². The van der Waals surface area contributed by atoms with Gasteiger partial charge in [-0.05, 0) is 41.0 Å². The maximum atomic E-state index is 12.7. The number of carbonyl (C=O) groups is 1. The third-order valence-electron chi connectivity index (χ3n) is 5.11. The average Bonchev–Trinajstić information content (AvgIpc) is 2.84. The highest BCUT2D eigenvalue weighted by molar-refractivity contribution is 6.05. The number of hydrogen-bond donors (Lipinski definition) is 2. The lowest BCUT2D eigenvalue weighted by atomic mass is 10.0. The van der Waals surface area contributed by atoms with Crippen LogP contribution in [-0.2, 0) is 0 Å². The van der Waals surface area contributed by atoms with E-state index in [9.17, 15) is 9.59 Å². The Morgan fingerprint density at radius 3 is 2.12 bits per heavy atom. The summed E-state index contributed by atoms with van der Waals surface area (Å²) in [5.41, 5.74) is 3.67. The van der Waals surface area contributed by atoms with Crippen molar-refractivity contribution in [2.75, 3.05) is 19.5 Å². The van der Waals surface area contributed by atoms with Crippen molar-refractivity contribution in [2.45, 2.75) is 0 Å². The fourth-order valence-electron chi connectivity index (χ4n) is 3.39. The number of pyridine rings is 1. The number of H-pyrrole nitrogens is 1. The summed E-state index contributed by atoms with van der Waals surface area (Å²) in [6.45, 7) is 0. The van der Waals surface area contributed by atoms with Crippen molar-refractivity contribution < 1.29 is 14.3 Å². The Morgan fingerprint density at radius 2 is 1.47 bits per heavy atom. The fraction of sp³-hybridized carbons (Fsp3) is 0.0769. The van der Waals surface area contributed by atoms with Crippen molar-refractivity contribution in [1.82, 2.24) is 4.98 Å². The van der Waals surface area contributed by atoms with Crippen molar-refractivity contribution in [3.05, 3.63) is 101 Å². The second-order valence-electron chi connectivity index (χ2n) is 7.08. The molecule has 1 amide bonds. The molecule has 0 saturated carbocycles. The number of benzene rings is 3. The van der Waals surface area contributed by atoms with Crippen molar-refractivity contribution in [3.8, 4) is 33.9 Å². The van der Waals surface area contributed by atoms with Gasteiger partial charge in [0.25, 0.3) is 11.5 Å². The number of nitrogens with one attached hydrogen (secondary N) is 2. The second kappa shape index (κ2) is 9.22. The number of aromatic nitrogens is 1. The Kier molecular flexibility index (Phi) is 6.03. The molecule has 0 aliphatic carbocycles. The molecule has 2 N–H and O–H groups in total. The van der Waals surface area contributed by atoms with Crippen LogP contribution in [0.4, 0.5) is 5.69 Å². The van der Waals surface area contributed by atoms with Crippen molar-refractivity contribution in [1.29, 1.82) is 0 Å². The molecule has 0 aliphatic rings. The Hall–Kier alpha value is -4.32. The summed E-state index contributed by atoms with van der Waals surface area (Å²) in [6.07, 6.45) is 0. The van der Waals surface area contributed by atoms with Gasteiger partial charge in [-0.15, -0.1) is 0 Å². The minimum absolute atomic E-state index is 0.00697. The summed E-state index contributed by atoms with van der Waals surface area (Å²) in [6, 6.07) is 26.2. The molecule has 0 unspecified atom stereocenters. The van der Waals surface area contributed by atoms with Gasteiger partial charge in [-0.1, -0.05) is 54.6 Å². The third kappa shape index (κ3) is 4.39. The Bertz CT molecular complexity index is 1300. The normalized spacial score (nSPS) is 10.4. The van der Waals surface area contributed by atoms with E-state index in [0.29, 0.717) is 22.9 Å². The van der Waals surface area contributed by atoms with Gasteiger partial charge in [0.05, 0.1) is 19.9 Å². The number of anilines is 1. The van der Waals surface area contributed by atoms with Crippen LogP contribution >= 0.6 is 0 Å². The van der Waals surface area contributed by atoms with E-state index < -0.39 is 11.5 Å². The minimum Gasteiger partial charge on any atom is -0.497 e. The van der Waals surface area contributed by atoms with Gasteiger partial charge in [0.2, 0.25) is 0 Å². The molecule has 0 fully saturated rings. The Labute approximate surface area is 185 Å². The molecule has 0 atom stereocenters. The summed E-state index contributed by atoms with van der Waals surface area (Å²) in [5, 5.41) is 2.72. The van der Waals surface area contributed by atoms with E-state index in [0.717, 1.165) is 16.7 Å². The van der Waals surface area contributed by atoms with E-state index in [2.05, 4.69) is 10.3 Å². The maximum absolute atomic E-state index is 12.7. The standard InChI is InChI=1S/C26H22N2O4/c1-31-20-12-14-23(24(16-20)32-2)28-26(30)21-13-15-22(27-25(21)29)19-10-8-18(9-11-19)17-6-4-3-5-7-17/h3-16H,1-2H3,(H,27,29)(H,28,30). The lowest BCUT2D eigenvalue weighted by Crippen LogP contribution is -2.23. The number of aromatic amines is 1. The molecule has 4 rings (SSSR count). The van der Waals surface area contributed by atoms with E-state index >= 15 is 0 Å². The van der Waals surface area contributed by atoms with E-state index in [1.165, 1.54) is 13.2 Å². The van der Waals surface area contributed by atoms with Crippen LogP contribution in [0.1, 0.15) is 10.4 Å². The van der Waals surface area contributed by atoms with Crippen LogP contribution in [0.15, 0.2) is 89.7 Å². The van der Waals surface area contributed by atoms with Crippen LogP contribution in [0.5, 0.6) is 11.5 Å². The predicted molar refractivity (Wildman–Crippen MR) is 125 cm³/mol. The number of carbonyl (C=O) groups excluding carboxylic acids is 1. The predicted octanol–water partition coefficient (Wildman–Crippen LogP) is 4.98. The molecule has 0 radical (unpaired) electrons. The van der Waals surface area contributed by atoms with Gasteiger partial charge in [0, 0.05) is 11.8 Å². The molecule has 4 aromatic rings. The lowest BCUT2D eigenvalue weighted by Gasteiger charge is -2.11. The highest BCUT2D eigenvalue weighted by Gasteiger charge is 2.15. The molecule has 160 valence electrons. The first kappa shape index (κ1) is 20.9. The number of methoxy groups -OCH3 is 2. The van der Waals surface area contributed by atoms with Gasteiger partial charge in [-0.3, -0.25) is 9.59 Å². The molecular formula is C26H22N2O4. The quantitative estimate of drug-likeness (QED) is 0.456. The molecule has 0 spiro atoms. The fourth-order valence-corrected chi connectivity index (χ4v) is 3.39. The van der Waals surface area contributed by atoms with Crippen LogP contribution in [0.2, 0.25) is 0 Å². The summed E-state index contributed by atoms with van der Waals surface area (Å²) in [5.74, 6) is 0.505. The average molecular weight is 426 g/mol. The van der Waals surface area contributed by atoms with Crippen molar-refractivity contribution in [2.24, 2.45) is 0 Å². The van der Waals surface area contributed by atoms with E-state index in [1.54, 1.807) is 31.4 Å². The van der Waals surface area contributed by atoms with Crippen LogP contribution in [0.25, 0.3) is 22.4 Å². The van der Waals surface area contributed by atoms with E-state index in [1.807, 2.05) is 54.6 Å². The molecular weight excluding hydrogens is 404 g/mol. The second-order valence-corrected chi connectivity index (χ2v) is 7.08. The third-order valence-corrected chi connectivity index (χ3v) is 5.11. The molecule has 0 aliphatic heterocycles. The number of amides is 1. The minimum atomic E-state index is -0.527. The molecule has 6 nitrogen and oxygen atoms in total. The highest BCUT2D eigenvalue weighted by Crippen LogP contribution is 2.29. The monoisotopic (exact) mass is 426 g/mol. The Morgan fingerprint density at radius 1 is 0.781 bits per heavy atom. The van der Waals surface area contributed by atoms with E-state index in [-0.39, 0.29) is 5.56 Å². The molecule has 1 heterocycles. The lowest BCUT2D eigenvalue weighted by molar-refractivity contribution is 0.102. The maximum Gasteiger partial charge on any atom is 0.261 e. The number of hydrogen-bond acceptors (Lipinski definition) is 4. The smallest absolute Gasteiger partial charge is 0.261 e. The van der Waals surface area contributed by atoms with E-state index in [4.69, 9.17) is 9.47 Å². The summed E-state index contributed by atoms with van der Waals surface area (Å²) in [4.78, 5) is 28.1. The zero-order chi connectivity index (χ0) is 22.5. The highest BCUT2D eigenvalue weighted by atomic mass is 16.5. The van der Waals surface area contributed by atoms with Gasteiger partial charge in [-0.2, -0.15) is 0 Å². The SMILES string of the molecule is COc1ccc(NC(=O)c2ccc(-c3ccc(-c4ccccc4)cc3)[nH]c2=O)c(OC)c1. The topological polar surface area (TPSA) is 80.4 Å². The van der Waals surface area contributed by atoms with Gasteiger partial charge >= 0.3 is 0 Å². The molecule has 3 aromatic carbocycles. The van der Waals surface area contributed by atoms with Gasteiger partial charge < -0.3 is 19.8 Å². The zero-order valence-corrected chi connectivity index (χ0v) is 17.7.